The van der Waals surface area contributed by atoms with Crippen molar-refractivity contribution >= 4 is 39.2 Å². The van der Waals surface area contributed by atoms with Crippen molar-refractivity contribution in [3.8, 4) is 0 Å². The number of amides is 1. The molecule has 2 heterocycles. The van der Waals surface area contributed by atoms with Crippen molar-refractivity contribution in [3.63, 3.8) is 0 Å². The normalized spacial score (nSPS) is 17.3. The number of aryl methyl sites for hydroxylation is 2. The molecule has 1 saturated heterocycles. The van der Waals surface area contributed by atoms with E-state index >= 15 is 0 Å². The van der Waals surface area contributed by atoms with Crippen LogP contribution in [-0.2, 0) is 26.6 Å². The van der Waals surface area contributed by atoms with E-state index in [-0.39, 0.29) is 17.1 Å². The molecule has 2 aromatic rings. The summed E-state index contributed by atoms with van der Waals surface area (Å²) in [5.74, 6) is -1.06. The summed E-state index contributed by atoms with van der Waals surface area (Å²) in [5, 5.41) is 3.25. The Labute approximate surface area is 174 Å². The van der Waals surface area contributed by atoms with Crippen LogP contribution in [0.25, 0.3) is 0 Å². The summed E-state index contributed by atoms with van der Waals surface area (Å²) in [5.41, 5.74) is 1.49. The van der Waals surface area contributed by atoms with Crippen molar-refractivity contribution in [1.82, 2.24) is 8.87 Å². The molecule has 1 aromatic carbocycles. The molecule has 1 aliphatic rings. The molecule has 0 aliphatic carbocycles. The number of ether oxygens (including phenoxy) is 1. The van der Waals surface area contributed by atoms with Crippen LogP contribution >= 0.6 is 11.6 Å². The van der Waals surface area contributed by atoms with Crippen LogP contribution in [0.3, 0.4) is 0 Å². The van der Waals surface area contributed by atoms with Gasteiger partial charge in [-0.2, -0.15) is 4.31 Å². The van der Waals surface area contributed by atoms with Crippen LogP contribution in [0.2, 0.25) is 5.02 Å². The maximum absolute atomic E-state index is 13.1. The fourth-order valence-electron chi connectivity index (χ4n) is 3.30. The van der Waals surface area contributed by atoms with Crippen LogP contribution in [0.15, 0.2) is 35.4 Å². The molecule has 1 aromatic heterocycles. The van der Waals surface area contributed by atoms with E-state index in [0.29, 0.717) is 23.6 Å². The topological polar surface area (TPSA) is 97.7 Å². The maximum atomic E-state index is 13.1. The number of rotatable bonds is 5. The number of methoxy groups -OCH3 is 1. The van der Waals surface area contributed by atoms with Crippen molar-refractivity contribution in [2.75, 3.05) is 19.0 Å². The Hall–Kier alpha value is -2.36. The minimum absolute atomic E-state index is 0.0570. The van der Waals surface area contributed by atoms with E-state index in [4.69, 9.17) is 11.6 Å². The summed E-state index contributed by atoms with van der Waals surface area (Å²) >= 11 is 6.10. The Morgan fingerprint density at radius 2 is 2.00 bits per heavy atom. The number of halogens is 1. The molecule has 8 nitrogen and oxygen atoms in total. The van der Waals surface area contributed by atoms with Gasteiger partial charge in [-0.15, -0.1) is 0 Å². The van der Waals surface area contributed by atoms with Crippen molar-refractivity contribution < 1.29 is 22.7 Å². The summed E-state index contributed by atoms with van der Waals surface area (Å²) in [6, 6.07) is 5.53. The first-order valence-corrected chi connectivity index (χ1v) is 10.8. The van der Waals surface area contributed by atoms with E-state index in [1.807, 2.05) is 6.92 Å². The van der Waals surface area contributed by atoms with Crippen LogP contribution in [0.1, 0.15) is 28.9 Å². The molecule has 156 valence electrons. The molecule has 1 aliphatic heterocycles. The van der Waals surface area contributed by atoms with E-state index in [1.165, 1.54) is 28.2 Å². The Balaban J connectivity index is 1.84. The summed E-state index contributed by atoms with van der Waals surface area (Å²) in [6.07, 6.45) is 2.30. The quantitative estimate of drug-likeness (QED) is 0.722. The van der Waals surface area contributed by atoms with E-state index in [0.717, 1.165) is 5.56 Å². The summed E-state index contributed by atoms with van der Waals surface area (Å²) in [6.45, 7) is 2.07. The predicted octanol–water partition coefficient (Wildman–Crippen LogP) is 2.57. The zero-order valence-corrected chi connectivity index (χ0v) is 17.9. The Kier molecular flexibility index (Phi) is 6.02. The minimum Gasteiger partial charge on any atom is -0.464 e. The van der Waals surface area contributed by atoms with Gasteiger partial charge < -0.3 is 14.6 Å². The average Bonchev–Trinajstić information content (AvgIpc) is 3.32. The molecule has 1 amide bonds. The van der Waals surface area contributed by atoms with E-state index < -0.39 is 27.9 Å². The Morgan fingerprint density at radius 1 is 1.28 bits per heavy atom. The van der Waals surface area contributed by atoms with Gasteiger partial charge in [-0.05, 0) is 43.5 Å². The second-order valence-electron chi connectivity index (χ2n) is 6.89. The molecular weight excluding hydrogens is 418 g/mol. The standard InChI is InChI=1S/C19H22ClN3O5S/c1-12-6-7-13(9-15(12)20)21-18(24)16-5-4-8-23(16)29(26,27)14-10-17(19(25)28-3)22(2)11-14/h6-7,9-11,16H,4-5,8H2,1-3H3,(H,21,24)/t16-/m0/s1. The van der Waals surface area contributed by atoms with E-state index in [9.17, 15) is 18.0 Å². The lowest BCUT2D eigenvalue weighted by Gasteiger charge is -2.23. The first-order chi connectivity index (χ1) is 13.6. The number of esters is 1. The number of sulfonamides is 1. The summed E-state index contributed by atoms with van der Waals surface area (Å²) in [7, 11) is -1.19. The summed E-state index contributed by atoms with van der Waals surface area (Å²) < 4.78 is 33.5. The number of benzene rings is 1. The zero-order valence-electron chi connectivity index (χ0n) is 16.3. The van der Waals surface area contributed by atoms with Crippen LogP contribution < -0.4 is 5.32 Å². The molecule has 29 heavy (non-hydrogen) atoms. The number of nitrogens with zero attached hydrogens (tertiary/aromatic N) is 2. The Morgan fingerprint density at radius 3 is 2.66 bits per heavy atom. The van der Waals surface area contributed by atoms with E-state index in [1.54, 1.807) is 25.2 Å². The highest BCUT2D eigenvalue weighted by Gasteiger charge is 2.40. The first kappa shape index (κ1) is 21.4. The first-order valence-electron chi connectivity index (χ1n) is 8.98. The van der Waals surface area contributed by atoms with Crippen LogP contribution in [-0.4, -0.2) is 48.9 Å². The number of carbonyl (C=O) groups excluding carboxylic acids is 2. The van der Waals surface area contributed by atoms with Gasteiger partial charge in [0.15, 0.2) is 0 Å². The second kappa shape index (κ2) is 8.17. The van der Waals surface area contributed by atoms with Crippen LogP contribution in [0.5, 0.6) is 0 Å². The van der Waals surface area contributed by atoms with Gasteiger partial charge in [0.1, 0.15) is 16.6 Å². The SMILES string of the molecule is COC(=O)c1cc(S(=O)(=O)N2CCC[C@H]2C(=O)Nc2ccc(C)c(Cl)c2)cn1C. The van der Waals surface area contributed by atoms with Gasteiger partial charge in [-0.3, -0.25) is 4.79 Å². The predicted molar refractivity (Wildman–Crippen MR) is 108 cm³/mol. The monoisotopic (exact) mass is 439 g/mol. The third-order valence-electron chi connectivity index (χ3n) is 4.93. The molecule has 0 saturated carbocycles. The van der Waals surface area contributed by atoms with E-state index in [2.05, 4.69) is 10.1 Å². The van der Waals surface area contributed by atoms with Gasteiger partial charge in [0.25, 0.3) is 0 Å². The van der Waals surface area contributed by atoms with Crippen molar-refractivity contribution in [3.05, 3.63) is 46.7 Å². The van der Waals surface area contributed by atoms with Crippen molar-refractivity contribution in [2.45, 2.75) is 30.7 Å². The number of carbonyl (C=O) groups is 2. The van der Waals surface area contributed by atoms with Gasteiger partial charge in [0.2, 0.25) is 15.9 Å². The second-order valence-corrected chi connectivity index (χ2v) is 9.19. The fourth-order valence-corrected chi connectivity index (χ4v) is 5.21. The molecule has 0 radical (unpaired) electrons. The lowest BCUT2D eigenvalue weighted by atomic mass is 10.2. The highest BCUT2D eigenvalue weighted by molar-refractivity contribution is 7.89. The fraction of sp³-hybridized carbons (Fsp3) is 0.368. The molecule has 1 fully saturated rings. The number of hydrogen-bond acceptors (Lipinski definition) is 5. The third kappa shape index (κ3) is 4.17. The van der Waals surface area contributed by atoms with Crippen LogP contribution in [0, 0.1) is 6.92 Å². The van der Waals surface area contributed by atoms with Crippen molar-refractivity contribution in [2.24, 2.45) is 7.05 Å². The number of nitrogens with one attached hydrogen (secondary N) is 1. The lowest BCUT2D eigenvalue weighted by molar-refractivity contribution is -0.119. The molecule has 10 heteroatoms. The molecule has 0 bridgehead atoms. The molecule has 3 rings (SSSR count). The van der Waals surface area contributed by atoms with Gasteiger partial charge in [0.05, 0.1) is 7.11 Å². The zero-order chi connectivity index (χ0) is 21.3. The average molecular weight is 440 g/mol. The Bertz CT molecular complexity index is 1060. The minimum atomic E-state index is -3.97. The van der Waals surface area contributed by atoms with Crippen LogP contribution in [0.4, 0.5) is 5.69 Å². The van der Waals surface area contributed by atoms with Gasteiger partial charge in [-0.1, -0.05) is 17.7 Å². The molecule has 1 N–H and O–H groups in total. The lowest BCUT2D eigenvalue weighted by Crippen LogP contribution is -2.43. The third-order valence-corrected chi connectivity index (χ3v) is 7.21. The number of aromatic nitrogens is 1. The molecule has 0 unspecified atom stereocenters. The number of anilines is 1. The maximum Gasteiger partial charge on any atom is 0.354 e. The summed E-state index contributed by atoms with van der Waals surface area (Å²) in [4.78, 5) is 24.5. The molecular formula is C19H22ClN3O5S. The molecule has 1 atom stereocenters. The smallest absolute Gasteiger partial charge is 0.354 e. The highest BCUT2D eigenvalue weighted by Crippen LogP contribution is 2.28. The highest BCUT2D eigenvalue weighted by atomic mass is 35.5. The number of hydrogen-bond donors (Lipinski definition) is 1. The van der Waals surface area contributed by atoms with Crippen molar-refractivity contribution in [1.29, 1.82) is 0 Å². The molecule has 0 spiro atoms. The van der Waals surface area contributed by atoms with Gasteiger partial charge in [0, 0.05) is 30.5 Å². The van der Waals surface area contributed by atoms with Gasteiger partial charge >= 0.3 is 5.97 Å². The largest absolute Gasteiger partial charge is 0.464 e. The van der Waals surface area contributed by atoms with Gasteiger partial charge in [-0.25, -0.2) is 13.2 Å².